The highest BCUT2D eigenvalue weighted by Crippen LogP contribution is 2.51. The molecule has 0 bridgehead atoms. The Morgan fingerprint density at radius 2 is 1.75 bits per heavy atom. The van der Waals surface area contributed by atoms with Crippen LogP contribution in [0, 0.1) is 0 Å². The molecule has 32 heavy (non-hydrogen) atoms. The monoisotopic (exact) mass is 442 g/mol. The highest BCUT2D eigenvalue weighted by Gasteiger charge is 2.39. The summed E-state index contributed by atoms with van der Waals surface area (Å²) in [7, 11) is 3.01. The minimum Gasteiger partial charge on any atom is -0.504 e. The van der Waals surface area contributed by atoms with Crippen molar-refractivity contribution in [3.8, 4) is 23.0 Å². The average Bonchev–Trinajstić information content (AvgIpc) is 3.13. The number of benzene rings is 2. The topological polar surface area (TPSA) is 101 Å². The predicted octanol–water partition coefficient (Wildman–Crippen LogP) is 3.77. The van der Waals surface area contributed by atoms with Crippen molar-refractivity contribution in [1.82, 2.24) is 0 Å². The summed E-state index contributed by atoms with van der Waals surface area (Å²) < 4.78 is 27.3. The molecule has 3 rings (SSSR count). The lowest BCUT2D eigenvalue weighted by Crippen LogP contribution is -2.17. The summed E-state index contributed by atoms with van der Waals surface area (Å²) in [6.45, 7) is 2.95. The number of ether oxygens (including phenoxy) is 5. The second-order valence-corrected chi connectivity index (χ2v) is 7.23. The van der Waals surface area contributed by atoms with Crippen molar-refractivity contribution in [3.63, 3.8) is 0 Å². The summed E-state index contributed by atoms with van der Waals surface area (Å²) in [6.07, 6.45) is 3.04. The standard InChI is InChI=1S/C24H26O8/c1-14(25)30-9-5-6-16-10-18-19(13-31-15(2)26)23(32-24(18)22(11-16)29-4)17-7-8-20(27)21(12-17)28-3/h5-8,10-12,19,23,27H,9,13H2,1-4H3/b6-5+/t19-,23-/m1/s1. The molecule has 1 aliphatic rings. The minimum absolute atomic E-state index is 0.0149. The molecule has 0 radical (unpaired) electrons. The lowest BCUT2D eigenvalue weighted by Gasteiger charge is -2.20. The second-order valence-electron chi connectivity index (χ2n) is 7.23. The SMILES string of the molecule is COc1cc([C@H]2Oc3c(OC)cc(/C=C/COC(C)=O)cc3[C@H]2COC(C)=O)ccc1O. The number of fused-ring (bicyclic) bond motifs is 1. The Kier molecular flexibility index (Phi) is 7.25. The van der Waals surface area contributed by atoms with Crippen molar-refractivity contribution in [3.05, 3.63) is 53.1 Å². The summed E-state index contributed by atoms with van der Waals surface area (Å²) in [5.74, 6) is 0.330. The number of phenols is 1. The molecule has 2 aromatic rings. The van der Waals surface area contributed by atoms with Gasteiger partial charge in [-0.15, -0.1) is 0 Å². The van der Waals surface area contributed by atoms with Gasteiger partial charge in [0.2, 0.25) is 0 Å². The van der Waals surface area contributed by atoms with Gasteiger partial charge in [-0.05, 0) is 41.5 Å². The number of hydrogen-bond donors (Lipinski definition) is 1. The first-order chi connectivity index (χ1) is 15.3. The van der Waals surface area contributed by atoms with Gasteiger partial charge in [0.05, 0.1) is 20.1 Å². The highest BCUT2D eigenvalue weighted by molar-refractivity contribution is 5.67. The van der Waals surface area contributed by atoms with Crippen molar-refractivity contribution in [1.29, 1.82) is 0 Å². The molecule has 0 aromatic heterocycles. The average molecular weight is 442 g/mol. The third kappa shape index (κ3) is 5.14. The molecule has 0 fully saturated rings. The summed E-state index contributed by atoms with van der Waals surface area (Å²) in [5, 5.41) is 9.95. The Labute approximate surface area is 186 Å². The molecule has 0 saturated heterocycles. The van der Waals surface area contributed by atoms with Crippen LogP contribution < -0.4 is 14.2 Å². The zero-order valence-electron chi connectivity index (χ0n) is 18.4. The molecular weight excluding hydrogens is 416 g/mol. The van der Waals surface area contributed by atoms with Gasteiger partial charge < -0.3 is 28.8 Å². The number of carbonyl (C=O) groups excluding carboxylic acids is 2. The number of hydrogen-bond acceptors (Lipinski definition) is 8. The molecule has 8 nitrogen and oxygen atoms in total. The van der Waals surface area contributed by atoms with Crippen LogP contribution in [0.3, 0.4) is 0 Å². The van der Waals surface area contributed by atoms with Crippen LogP contribution in [0.4, 0.5) is 0 Å². The molecule has 0 unspecified atom stereocenters. The molecule has 0 spiro atoms. The van der Waals surface area contributed by atoms with Crippen molar-refractivity contribution in [2.24, 2.45) is 0 Å². The van der Waals surface area contributed by atoms with Crippen molar-refractivity contribution in [2.45, 2.75) is 25.9 Å². The summed E-state index contributed by atoms with van der Waals surface area (Å²) in [5.41, 5.74) is 2.38. The van der Waals surface area contributed by atoms with E-state index in [-0.39, 0.29) is 30.9 Å². The zero-order chi connectivity index (χ0) is 23.3. The van der Waals surface area contributed by atoms with Gasteiger partial charge >= 0.3 is 11.9 Å². The number of methoxy groups -OCH3 is 2. The van der Waals surface area contributed by atoms with Crippen LogP contribution in [0.5, 0.6) is 23.0 Å². The van der Waals surface area contributed by atoms with Crippen LogP contribution in [0.1, 0.15) is 42.6 Å². The molecular formula is C24H26O8. The number of aromatic hydroxyl groups is 1. The third-order valence-corrected chi connectivity index (χ3v) is 5.03. The molecule has 0 amide bonds. The van der Waals surface area contributed by atoms with E-state index in [1.54, 1.807) is 25.3 Å². The third-order valence-electron chi connectivity index (χ3n) is 5.03. The Balaban J connectivity index is 2.00. The quantitative estimate of drug-likeness (QED) is 0.617. The Morgan fingerprint density at radius 1 is 1.03 bits per heavy atom. The Hall–Kier alpha value is -3.68. The molecule has 1 heterocycles. The molecule has 1 N–H and O–H groups in total. The van der Waals surface area contributed by atoms with Crippen molar-refractivity contribution in [2.75, 3.05) is 27.4 Å². The Morgan fingerprint density at radius 3 is 2.41 bits per heavy atom. The second kappa shape index (κ2) is 10.1. The Bertz CT molecular complexity index is 1030. The van der Waals surface area contributed by atoms with Gasteiger partial charge in [-0.3, -0.25) is 9.59 Å². The van der Waals surface area contributed by atoms with Crippen molar-refractivity contribution >= 4 is 18.0 Å². The van der Waals surface area contributed by atoms with Crippen molar-refractivity contribution < 1.29 is 38.4 Å². The molecule has 0 aliphatic carbocycles. The van der Waals surface area contributed by atoms with E-state index in [0.29, 0.717) is 17.2 Å². The van der Waals surface area contributed by atoms with Gasteiger partial charge in [-0.25, -0.2) is 0 Å². The van der Waals surface area contributed by atoms with Gasteiger partial charge in [-0.1, -0.05) is 12.1 Å². The van der Waals surface area contributed by atoms with Crippen LogP contribution in [-0.4, -0.2) is 44.5 Å². The summed E-state index contributed by atoms with van der Waals surface area (Å²) >= 11 is 0. The fourth-order valence-electron chi connectivity index (χ4n) is 3.57. The van der Waals surface area contributed by atoms with Crippen LogP contribution in [0.25, 0.3) is 6.08 Å². The lowest BCUT2D eigenvalue weighted by atomic mass is 9.90. The maximum absolute atomic E-state index is 11.5. The minimum atomic E-state index is -0.493. The largest absolute Gasteiger partial charge is 0.504 e. The van der Waals surface area contributed by atoms with E-state index in [9.17, 15) is 14.7 Å². The molecule has 2 atom stereocenters. The van der Waals surface area contributed by atoms with Crippen LogP contribution >= 0.6 is 0 Å². The van der Waals surface area contributed by atoms with Crippen LogP contribution in [0.2, 0.25) is 0 Å². The fourth-order valence-corrected chi connectivity index (χ4v) is 3.57. The van der Waals surface area contributed by atoms with E-state index in [1.807, 2.05) is 18.2 Å². The van der Waals surface area contributed by atoms with Crippen LogP contribution in [0.15, 0.2) is 36.4 Å². The van der Waals surface area contributed by atoms with Gasteiger partial charge in [0.25, 0.3) is 0 Å². The maximum Gasteiger partial charge on any atom is 0.302 e. The molecule has 8 heteroatoms. The number of rotatable bonds is 8. The fraction of sp³-hybridized carbons (Fsp3) is 0.333. The summed E-state index contributed by atoms with van der Waals surface area (Å²) in [6, 6.07) is 8.70. The van der Waals surface area contributed by atoms with E-state index >= 15 is 0 Å². The molecule has 1 aliphatic heterocycles. The normalized spacial score (nSPS) is 16.9. The number of esters is 2. The van der Waals surface area contributed by atoms with Gasteiger partial charge in [0, 0.05) is 19.4 Å². The zero-order valence-corrected chi connectivity index (χ0v) is 18.4. The van der Waals surface area contributed by atoms with E-state index in [4.69, 9.17) is 23.7 Å². The van der Waals surface area contributed by atoms with Gasteiger partial charge in [-0.2, -0.15) is 0 Å². The highest BCUT2D eigenvalue weighted by atomic mass is 16.5. The van der Waals surface area contributed by atoms with E-state index < -0.39 is 12.1 Å². The van der Waals surface area contributed by atoms with E-state index in [2.05, 4.69) is 0 Å². The van der Waals surface area contributed by atoms with E-state index in [0.717, 1.165) is 16.7 Å². The van der Waals surface area contributed by atoms with Gasteiger partial charge in [0.1, 0.15) is 19.3 Å². The first-order valence-corrected chi connectivity index (χ1v) is 10.0. The van der Waals surface area contributed by atoms with E-state index in [1.165, 1.54) is 27.0 Å². The maximum atomic E-state index is 11.5. The number of carbonyl (C=O) groups is 2. The first kappa shape index (κ1) is 23.0. The lowest BCUT2D eigenvalue weighted by molar-refractivity contribution is -0.142. The molecule has 0 saturated carbocycles. The molecule has 170 valence electrons. The number of phenolic OH excluding ortho intramolecular Hbond substituents is 1. The summed E-state index contributed by atoms with van der Waals surface area (Å²) in [4.78, 5) is 22.5. The van der Waals surface area contributed by atoms with Crippen LogP contribution in [-0.2, 0) is 19.1 Å². The predicted molar refractivity (Wildman–Crippen MR) is 116 cm³/mol. The molecule has 2 aromatic carbocycles. The smallest absolute Gasteiger partial charge is 0.302 e. The van der Waals surface area contributed by atoms with Gasteiger partial charge in [0.15, 0.2) is 23.0 Å². The first-order valence-electron chi connectivity index (χ1n) is 10.0.